The van der Waals surface area contributed by atoms with Gasteiger partial charge in [0.05, 0.1) is 36.7 Å². The third-order valence-electron chi connectivity index (χ3n) is 13.3. The van der Waals surface area contributed by atoms with E-state index in [1.54, 1.807) is 52.8 Å². The third kappa shape index (κ3) is 8.14. The van der Waals surface area contributed by atoms with Gasteiger partial charge >= 0.3 is 30.0 Å². The predicted octanol–water partition coefficient (Wildman–Crippen LogP) is 3.41. The molecule has 1 aromatic carbocycles. The van der Waals surface area contributed by atoms with E-state index in [0.29, 0.717) is 19.3 Å². The van der Waals surface area contributed by atoms with E-state index < -0.39 is 118 Å². The highest BCUT2D eigenvalue weighted by molar-refractivity contribution is 5.96. The Labute approximate surface area is 354 Å². The lowest BCUT2D eigenvalue weighted by molar-refractivity contribution is -0.346. The van der Waals surface area contributed by atoms with E-state index in [-0.39, 0.29) is 48.5 Å². The van der Waals surface area contributed by atoms with E-state index in [2.05, 4.69) is 5.32 Å². The summed E-state index contributed by atoms with van der Waals surface area (Å²) in [6.07, 6.45) is -9.86. The molecule has 61 heavy (non-hydrogen) atoms. The number of rotatable bonds is 3. The minimum Gasteiger partial charge on any atom is -0.493 e. The second-order valence-electron chi connectivity index (χ2n) is 18.7. The number of nitrogens with one attached hydrogen (secondary N) is 1. The van der Waals surface area contributed by atoms with Gasteiger partial charge in [-0.05, 0) is 77.2 Å². The van der Waals surface area contributed by atoms with Crippen molar-refractivity contribution in [1.82, 2.24) is 5.32 Å². The Morgan fingerprint density at radius 2 is 1.64 bits per heavy atom. The van der Waals surface area contributed by atoms with Crippen LogP contribution in [0, 0.1) is 16.7 Å². The van der Waals surface area contributed by atoms with E-state index in [0.717, 1.165) is 13.8 Å². The van der Waals surface area contributed by atoms with Gasteiger partial charge in [0.25, 0.3) is 0 Å². The summed E-state index contributed by atoms with van der Waals surface area (Å²) in [5, 5.41) is 40.0. The number of carbonyl (C=O) groups excluding carboxylic acids is 6. The first-order chi connectivity index (χ1) is 28.4. The van der Waals surface area contributed by atoms with Crippen LogP contribution in [0.5, 0.6) is 5.75 Å². The SMILES string of the molecule is CC(=O)O[C@H]1C(=O)[C@@]2(C)[C@H]([C@@H]3OC(=O)c4ccccc4OCCCCC[C@H](NC(=O)OC(C)(C)C)[C@@H](O)C(=O)O[C@H]4C[C@]3(O)C(C)(C)C1=C4C)[C@]1(OC(C)=O)CO[C@@H]1C[C@@H]2O. The Kier molecular flexibility index (Phi) is 12.5. The van der Waals surface area contributed by atoms with Crippen LogP contribution >= 0.6 is 0 Å². The van der Waals surface area contributed by atoms with Gasteiger partial charge in [-0.3, -0.25) is 14.4 Å². The number of fused-ring (bicyclic) bond motifs is 7. The number of hydrogen-bond acceptors (Lipinski definition) is 16. The summed E-state index contributed by atoms with van der Waals surface area (Å²) in [4.78, 5) is 83.3. The number of alkyl carbamates (subject to hydrolysis) is 1. The first-order valence-electron chi connectivity index (χ1n) is 20.8. The molecule has 336 valence electrons. The zero-order chi connectivity index (χ0) is 45.0. The smallest absolute Gasteiger partial charge is 0.407 e. The van der Waals surface area contributed by atoms with Crippen molar-refractivity contribution in [2.45, 2.75) is 160 Å². The summed E-state index contributed by atoms with van der Waals surface area (Å²) < 4.78 is 41.9. The van der Waals surface area contributed by atoms with Crippen molar-refractivity contribution < 1.29 is 77.2 Å². The summed E-state index contributed by atoms with van der Waals surface area (Å²) in [5.74, 6) is -6.15. The average Bonchev–Trinajstić information content (AvgIpc) is 3.15. The van der Waals surface area contributed by atoms with E-state index in [1.165, 1.54) is 19.9 Å². The lowest BCUT2D eigenvalue weighted by Gasteiger charge is -2.67. The number of amides is 1. The Morgan fingerprint density at radius 3 is 2.26 bits per heavy atom. The molecule has 0 radical (unpaired) electrons. The molecule has 0 aromatic heterocycles. The van der Waals surface area contributed by atoms with Gasteiger partial charge in [-0.1, -0.05) is 32.4 Å². The van der Waals surface area contributed by atoms with Gasteiger partial charge in [0.15, 0.2) is 23.6 Å². The maximum atomic E-state index is 15.5. The van der Waals surface area contributed by atoms with Gasteiger partial charge in [-0.15, -0.1) is 0 Å². The standard InChI is InChI=1S/C44H59NO16/c1-22-28-20-44(54)36(34-42(9,29(48)19-30-43(34,21-56-30)60-24(3)47)35(50)33(57-23(2)46)31(22)41(44,7)8)59-37(51)25-15-12-13-17-27(25)55-18-14-10-11-16-26(32(49)38(52)58-28)45-39(53)61-40(4,5)6/h12-13,15,17,26,28-30,32-34,36,48-49,54H,10-11,14,16,18-21H2,1-9H3,(H,45,53)/t26-,28-,29-,30+,32+,33+,34-,36-,42+,43-,44+/m0/s1. The second-order valence-corrected chi connectivity index (χ2v) is 18.7. The van der Waals surface area contributed by atoms with Gasteiger partial charge in [0.2, 0.25) is 0 Å². The predicted molar refractivity (Wildman–Crippen MR) is 212 cm³/mol. The van der Waals surface area contributed by atoms with Crippen molar-refractivity contribution in [1.29, 1.82) is 0 Å². The first-order valence-corrected chi connectivity index (χ1v) is 20.8. The molecule has 0 spiro atoms. The Bertz CT molecular complexity index is 1970. The highest BCUT2D eigenvalue weighted by Crippen LogP contribution is 2.64. The minimum atomic E-state index is -2.40. The summed E-state index contributed by atoms with van der Waals surface area (Å²) in [6, 6.07) is 5.09. The topological polar surface area (TPSA) is 240 Å². The lowest BCUT2D eigenvalue weighted by Crippen LogP contribution is -2.82. The fraction of sp³-hybridized carbons (Fsp3) is 0.682. The molecule has 11 atom stereocenters. The van der Waals surface area contributed by atoms with Crippen molar-refractivity contribution >= 4 is 35.8 Å². The number of para-hydroxylation sites is 1. The third-order valence-corrected chi connectivity index (χ3v) is 13.3. The van der Waals surface area contributed by atoms with Gasteiger partial charge in [-0.2, -0.15) is 0 Å². The van der Waals surface area contributed by atoms with Crippen molar-refractivity contribution in [3.63, 3.8) is 0 Å². The number of ether oxygens (including phenoxy) is 7. The lowest BCUT2D eigenvalue weighted by atomic mass is 9.44. The second kappa shape index (κ2) is 16.6. The van der Waals surface area contributed by atoms with Crippen LogP contribution < -0.4 is 10.1 Å². The molecule has 3 bridgehead atoms. The van der Waals surface area contributed by atoms with Crippen LogP contribution in [0.25, 0.3) is 0 Å². The molecule has 1 aromatic rings. The van der Waals surface area contributed by atoms with Crippen LogP contribution in [0.4, 0.5) is 4.79 Å². The zero-order valence-corrected chi connectivity index (χ0v) is 36.2. The molecule has 5 aliphatic rings. The molecule has 6 rings (SSSR count). The molecule has 2 aliphatic heterocycles. The van der Waals surface area contributed by atoms with E-state index in [9.17, 15) is 39.3 Å². The van der Waals surface area contributed by atoms with Crippen molar-refractivity contribution in [3.05, 3.63) is 41.0 Å². The number of carbonyl (C=O) groups is 6. The summed E-state index contributed by atoms with van der Waals surface area (Å²) in [5.41, 5.74) is -8.69. The molecule has 2 saturated carbocycles. The average molecular weight is 858 g/mol. The van der Waals surface area contributed by atoms with Crippen LogP contribution in [0.15, 0.2) is 35.4 Å². The normalized spacial score (nSPS) is 36.6. The highest BCUT2D eigenvalue weighted by Gasteiger charge is 2.78. The number of aliphatic hydroxyl groups excluding tert-OH is 2. The summed E-state index contributed by atoms with van der Waals surface area (Å²) in [6.45, 7) is 13.1. The van der Waals surface area contributed by atoms with E-state index in [4.69, 9.17) is 33.2 Å². The maximum Gasteiger partial charge on any atom is 0.407 e. The van der Waals surface area contributed by atoms with Crippen LogP contribution in [0.2, 0.25) is 0 Å². The number of aliphatic hydroxyl groups is 3. The summed E-state index contributed by atoms with van der Waals surface area (Å²) >= 11 is 0. The monoisotopic (exact) mass is 857 g/mol. The van der Waals surface area contributed by atoms with Gasteiger partial charge in [-0.25, -0.2) is 14.4 Å². The van der Waals surface area contributed by atoms with Gasteiger partial charge in [0.1, 0.15) is 40.8 Å². The molecule has 0 unspecified atom stereocenters. The fourth-order valence-corrected chi connectivity index (χ4v) is 10.2. The Hall–Kier alpha value is -4.58. The van der Waals surface area contributed by atoms with E-state index >= 15 is 4.79 Å². The molecular weight excluding hydrogens is 798 g/mol. The van der Waals surface area contributed by atoms with Crippen molar-refractivity contribution in [2.75, 3.05) is 13.2 Å². The number of ketones is 1. The fourth-order valence-electron chi connectivity index (χ4n) is 10.2. The number of hydrogen-bond donors (Lipinski definition) is 4. The number of benzene rings is 1. The van der Waals surface area contributed by atoms with E-state index in [1.807, 2.05) is 0 Å². The van der Waals surface area contributed by atoms with Gasteiger partial charge < -0.3 is 53.8 Å². The quantitative estimate of drug-likeness (QED) is 0.194. The molecule has 1 amide bonds. The largest absolute Gasteiger partial charge is 0.493 e. The molecular formula is C44H59NO16. The molecule has 3 aliphatic carbocycles. The van der Waals surface area contributed by atoms with Crippen LogP contribution in [0.3, 0.4) is 0 Å². The Morgan fingerprint density at radius 1 is 0.951 bits per heavy atom. The first kappa shape index (κ1) is 45.9. The van der Waals surface area contributed by atoms with Crippen LogP contribution in [0.1, 0.15) is 111 Å². The summed E-state index contributed by atoms with van der Waals surface area (Å²) in [7, 11) is 0. The maximum absolute atomic E-state index is 15.5. The number of esters is 4. The molecule has 2 heterocycles. The van der Waals surface area contributed by atoms with Crippen molar-refractivity contribution in [3.8, 4) is 5.75 Å². The molecule has 17 heteroatoms. The van der Waals surface area contributed by atoms with Crippen LogP contribution in [-0.4, -0.2) is 124 Å². The van der Waals surface area contributed by atoms with Gasteiger partial charge in [0, 0.05) is 32.1 Å². The zero-order valence-electron chi connectivity index (χ0n) is 36.2. The molecule has 4 N–H and O–H groups in total. The molecule has 1 saturated heterocycles. The molecule has 17 nitrogen and oxygen atoms in total. The Balaban J connectivity index is 1.60. The minimum absolute atomic E-state index is 0.00301. The van der Waals surface area contributed by atoms with Crippen LogP contribution in [-0.2, 0) is 47.6 Å². The molecule has 3 fully saturated rings. The highest BCUT2D eigenvalue weighted by atomic mass is 16.6. The number of Topliss-reactive ketones (excluding diaryl/α,β-unsaturated/α-hetero) is 1. The van der Waals surface area contributed by atoms with Crippen molar-refractivity contribution in [2.24, 2.45) is 16.7 Å².